The van der Waals surface area contributed by atoms with Crippen LogP contribution in [0, 0.1) is 0 Å². The van der Waals surface area contributed by atoms with E-state index in [1.54, 1.807) is 13.8 Å². The summed E-state index contributed by atoms with van der Waals surface area (Å²) in [4.78, 5) is 3.22. The molecule has 0 amide bonds. The fourth-order valence-electron chi connectivity index (χ4n) is 1.96. The van der Waals surface area contributed by atoms with Gasteiger partial charge in [-0.05, 0) is 18.9 Å². The molecule has 0 fully saturated rings. The van der Waals surface area contributed by atoms with Gasteiger partial charge in [0.25, 0.3) is 0 Å². The lowest BCUT2D eigenvalue weighted by molar-refractivity contribution is -0.139. The zero-order chi connectivity index (χ0) is 16.3. The van der Waals surface area contributed by atoms with Crippen LogP contribution in [0.5, 0.6) is 0 Å². The average molecular weight is 345 g/mol. The number of rotatable bonds is 6. The van der Waals surface area contributed by atoms with Gasteiger partial charge in [-0.2, -0.15) is 17.5 Å². The largest absolute Gasteiger partial charge is 0.402 e. The molecule has 0 aromatic carbocycles. The van der Waals surface area contributed by atoms with Crippen molar-refractivity contribution in [3.8, 4) is 0 Å². The molecule has 0 aliphatic rings. The summed E-state index contributed by atoms with van der Waals surface area (Å²) in [6.07, 6.45) is -1.87. The average Bonchev–Trinajstić information content (AvgIpc) is 2.38. The van der Waals surface area contributed by atoms with Crippen LogP contribution in [0.3, 0.4) is 0 Å². The van der Waals surface area contributed by atoms with Crippen molar-refractivity contribution in [2.75, 3.05) is 6.54 Å². The fourth-order valence-corrected chi connectivity index (χ4v) is 4.13. The van der Waals surface area contributed by atoms with Gasteiger partial charge >= 0.3 is 6.18 Å². The Morgan fingerprint density at radius 1 is 1.33 bits per heavy atom. The summed E-state index contributed by atoms with van der Waals surface area (Å²) >= 11 is 5.79. The maximum atomic E-state index is 12.7. The van der Waals surface area contributed by atoms with Crippen LogP contribution in [0.15, 0.2) is 23.4 Å². The molecule has 1 heterocycles. The van der Waals surface area contributed by atoms with Crippen LogP contribution in [0.25, 0.3) is 0 Å². The van der Waals surface area contributed by atoms with E-state index in [0.29, 0.717) is 4.31 Å². The van der Waals surface area contributed by atoms with E-state index in [2.05, 4.69) is 4.98 Å². The van der Waals surface area contributed by atoms with E-state index in [1.165, 1.54) is 12.3 Å². The minimum absolute atomic E-state index is 0.150. The Hall–Kier alpha value is -0.860. The first-order chi connectivity index (χ1) is 9.63. The summed E-state index contributed by atoms with van der Waals surface area (Å²) in [5, 5.41) is -0.150. The van der Waals surface area contributed by atoms with Gasteiger partial charge in [0.05, 0.1) is 5.02 Å². The van der Waals surface area contributed by atoms with Gasteiger partial charge in [0.1, 0.15) is 11.4 Å². The number of alkyl halides is 3. The lowest BCUT2D eigenvalue weighted by Gasteiger charge is -2.30. The summed E-state index contributed by atoms with van der Waals surface area (Å²) in [7, 11) is -4.37. The summed E-state index contributed by atoms with van der Waals surface area (Å²) < 4.78 is 63.6. The molecule has 1 rings (SSSR count). The lowest BCUT2D eigenvalue weighted by atomic mass is 10.2. The maximum absolute atomic E-state index is 12.7. The van der Waals surface area contributed by atoms with Gasteiger partial charge in [0, 0.05) is 18.4 Å². The molecule has 0 aliphatic carbocycles. The van der Waals surface area contributed by atoms with Crippen LogP contribution in [0.4, 0.5) is 13.2 Å². The van der Waals surface area contributed by atoms with Crippen molar-refractivity contribution in [3.05, 3.63) is 23.5 Å². The quantitative estimate of drug-likeness (QED) is 0.794. The highest BCUT2D eigenvalue weighted by molar-refractivity contribution is 7.89. The smallest absolute Gasteiger partial charge is 0.263 e. The van der Waals surface area contributed by atoms with Crippen LogP contribution in [-0.2, 0) is 10.0 Å². The first kappa shape index (κ1) is 18.2. The van der Waals surface area contributed by atoms with E-state index < -0.39 is 33.7 Å². The minimum atomic E-state index is -4.63. The number of hydrogen-bond acceptors (Lipinski definition) is 3. The summed E-state index contributed by atoms with van der Waals surface area (Å²) in [5.41, 5.74) is 0. The van der Waals surface area contributed by atoms with Crippen molar-refractivity contribution < 1.29 is 21.6 Å². The molecule has 0 radical (unpaired) electrons. The van der Waals surface area contributed by atoms with Crippen LogP contribution >= 0.6 is 11.6 Å². The highest BCUT2D eigenvalue weighted by Gasteiger charge is 2.40. The van der Waals surface area contributed by atoms with Gasteiger partial charge in [-0.25, -0.2) is 8.42 Å². The number of aromatic nitrogens is 1. The number of nitrogens with zero attached hydrogens (tertiary/aromatic N) is 2. The summed E-state index contributed by atoms with van der Waals surface area (Å²) in [6, 6.07) is 0.473. The van der Waals surface area contributed by atoms with Crippen molar-refractivity contribution >= 4 is 21.6 Å². The zero-order valence-electron chi connectivity index (χ0n) is 11.6. The molecule has 0 saturated carbocycles. The van der Waals surface area contributed by atoms with E-state index in [4.69, 9.17) is 11.6 Å². The second-order valence-corrected chi connectivity index (χ2v) is 6.71. The van der Waals surface area contributed by atoms with Crippen LogP contribution in [0.1, 0.15) is 26.7 Å². The number of halogens is 4. The molecular formula is C12H16ClF3N2O2S. The lowest BCUT2D eigenvalue weighted by Crippen LogP contribution is -2.45. The molecular weight excluding hydrogens is 329 g/mol. The highest BCUT2D eigenvalue weighted by Crippen LogP contribution is 2.29. The molecule has 1 aromatic rings. The van der Waals surface area contributed by atoms with Crippen molar-refractivity contribution in [1.82, 2.24) is 9.29 Å². The van der Waals surface area contributed by atoms with Gasteiger partial charge in [0.2, 0.25) is 10.0 Å². The van der Waals surface area contributed by atoms with Gasteiger partial charge in [-0.3, -0.25) is 4.98 Å². The molecule has 0 aliphatic heterocycles. The Kier molecular flexibility index (Phi) is 6.01. The minimum Gasteiger partial charge on any atom is -0.263 e. The SMILES string of the molecule is CCC(CC)N(CC(F)(F)F)S(=O)(=O)c1cnccc1Cl. The van der Waals surface area contributed by atoms with E-state index in [1.807, 2.05) is 0 Å². The van der Waals surface area contributed by atoms with E-state index in [-0.39, 0.29) is 17.9 Å². The molecule has 9 heteroatoms. The van der Waals surface area contributed by atoms with E-state index in [0.717, 1.165) is 6.20 Å². The Balaban J connectivity index is 3.33. The molecule has 4 nitrogen and oxygen atoms in total. The van der Waals surface area contributed by atoms with Crippen LogP contribution in [-0.4, -0.2) is 36.5 Å². The molecule has 1 aromatic heterocycles. The second kappa shape index (κ2) is 6.93. The maximum Gasteiger partial charge on any atom is 0.402 e. The predicted octanol–water partition coefficient (Wildman–Crippen LogP) is 3.48. The molecule has 21 heavy (non-hydrogen) atoms. The second-order valence-electron chi connectivity index (χ2n) is 4.44. The van der Waals surface area contributed by atoms with Crippen LogP contribution in [0.2, 0.25) is 5.02 Å². The Bertz CT molecular complexity index is 574. The number of sulfonamides is 1. The van der Waals surface area contributed by atoms with Crippen molar-refractivity contribution in [3.63, 3.8) is 0 Å². The third-order valence-electron chi connectivity index (χ3n) is 3.01. The normalized spacial score (nSPS) is 13.1. The Morgan fingerprint density at radius 2 is 1.90 bits per heavy atom. The standard InChI is InChI=1S/C12H16ClF3N2O2S/c1-3-9(4-2)18(8-12(14,15)16)21(19,20)11-7-17-6-5-10(11)13/h5-7,9H,3-4,8H2,1-2H3. The number of pyridine rings is 1. The molecule has 0 unspecified atom stereocenters. The Labute approximate surface area is 127 Å². The topological polar surface area (TPSA) is 50.3 Å². The van der Waals surface area contributed by atoms with Gasteiger partial charge in [-0.15, -0.1) is 0 Å². The third kappa shape index (κ3) is 4.55. The van der Waals surface area contributed by atoms with E-state index >= 15 is 0 Å². The Morgan fingerprint density at radius 3 is 2.33 bits per heavy atom. The monoisotopic (exact) mass is 344 g/mol. The summed E-state index contributed by atoms with van der Waals surface area (Å²) in [6.45, 7) is 1.72. The molecule has 0 atom stereocenters. The molecule has 0 N–H and O–H groups in total. The third-order valence-corrected chi connectivity index (χ3v) is 5.37. The number of hydrogen-bond donors (Lipinski definition) is 0. The molecule has 0 spiro atoms. The first-order valence-corrected chi connectivity index (χ1v) is 8.13. The molecule has 0 bridgehead atoms. The zero-order valence-corrected chi connectivity index (χ0v) is 13.1. The van der Waals surface area contributed by atoms with Gasteiger partial charge in [-0.1, -0.05) is 25.4 Å². The van der Waals surface area contributed by atoms with Gasteiger partial charge < -0.3 is 0 Å². The van der Waals surface area contributed by atoms with Crippen molar-refractivity contribution in [1.29, 1.82) is 0 Å². The fraction of sp³-hybridized carbons (Fsp3) is 0.583. The van der Waals surface area contributed by atoms with Crippen molar-refractivity contribution in [2.24, 2.45) is 0 Å². The highest BCUT2D eigenvalue weighted by atomic mass is 35.5. The summed E-state index contributed by atoms with van der Waals surface area (Å²) in [5.74, 6) is 0. The molecule has 0 saturated heterocycles. The first-order valence-electron chi connectivity index (χ1n) is 6.31. The van der Waals surface area contributed by atoms with Gasteiger partial charge in [0.15, 0.2) is 0 Å². The molecule has 120 valence electrons. The van der Waals surface area contributed by atoms with Crippen LogP contribution < -0.4 is 0 Å². The van der Waals surface area contributed by atoms with Crippen molar-refractivity contribution in [2.45, 2.75) is 43.8 Å². The van der Waals surface area contributed by atoms with E-state index in [9.17, 15) is 21.6 Å². The predicted molar refractivity (Wildman–Crippen MR) is 73.6 cm³/mol.